The highest BCUT2D eigenvalue weighted by Crippen LogP contribution is 2.32. The van der Waals surface area contributed by atoms with E-state index in [9.17, 15) is 4.79 Å². The lowest BCUT2D eigenvalue weighted by atomic mass is 10.1. The van der Waals surface area contributed by atoms with Crippen molar-refractivity contribution in [2.24, 2.45) is 5.73 Å². The number of nitrogens with zero attached hydrogens (tertiary/aromatic N) is 1. The molecule has 0 spiro atoms. The molecule has 0 radical (unpaired) electrons. The van der Waals surface area contributed by atoms with Crippen LogP contribution in [0.3, 0.4) is 0 Å². The van der Waals surface area contributed by atoms with Gasteiger partial charge in [-0.25, -0.2) is 4.98 Å². The van der Waals surface area contributed by atoms with Crippen LogP contribution in [0.2, 0.25) is 0 Å². The van der Waals surface area contributed by atoms with Gasteiger partial charge in [-0.05, 0) is 12.5 Å². The second-order valence-corrected chi connectivity index (χ2v) is 4.29. The minimum Gasteiger partial charge on any atom is -0.383 e. The highest BCUT2D eigenvalue weighted by molar-refractivity contribution is 6.18. The number of rotatable bonds is 1. The minimum absolute atomic E-state index is 0.356. The van der Waals surface area contributed by atoms with Crippen molar-refractivity contribution in [3.05, 3.63) is 35.5 Å². The van der Waals surface area contributed by atoms with Crippen LogP contribution < -0.4 is 11.5 Å². The van der Waals surface area contributed by atoms with E-state index in [1.165, 1.54) is 6.20 Å². The van der Waals surface area contributed by atoms with E-state index in [0.29, 0.717) is 16.9 Å². The van der Waals surface area contributed by atoms with Crippen molar-refractivity contribution in [3.8, 4) is 0 Å². The van der Waals surface area contributed by atoms with Gasteiger partial charge in [-0.3, -0.25) is 4.79 Å². The van der Waals surface area contributed by atoms with Gasteiger partial charge in [0.1, 0.15) is 5.82 Å². The van der Waals surface area contributed by atoms with Gasteiger partial charge in [0.2, 0.25) is 0 Å². The maximum absolute atomic E-state index is 11.4. The predicted octanol–water partition coefficient (Wildman–Crippen LogP) is 1.71. The molecule has 0 aliphatic carbocycles. The lowest BCUT2D eigenvalue weighted by molar-refractivity contribution is 0.100. The summed E-state index contributed by atoms with van der Waals surface area (Å²) in [6, 6.07) is 5.89. The van der Waals surface area contributed by atoms with Gasteiger partial charge < -0.3 is 16.5 Å². The number of carbonyl (C=O) groups excluding carboxylic acids is 1. The molecule has 0 atom stereocenters. The van der Waals surface area contributed by atoms with Gasteiger partial charge in [0.15, 0.2) is 0 Å². The van der Waals surface area contributed by atoms with Crippen LogP contribution in [0.4, 0.5) is 5.82 Å². The molecule has 1 amide bonds. The molecular weight excluding hydrogens is 228 g/mol. The molecule has 0 unspecified atom stereocenters. The highest BCUT2D eigenvalue weighted by Gasteiger charge is 2.15. The van der Waals surface area contributed by atoms with Crippen LogP contribution in [0.5, 0.6) is 0 Å². The number of hydrogen-bond donors (Lipinski definition) is 3. The topological polar surface area (TPSA) is 97.8 Å². The van der Waals surface area contributed by atoms with Crippen molar-refractivity contribution in [3.63, 3.8) is 0 Å². The third-order valence-electron chi connectivity index (χ3n) is 3.17. The fourth-order valence-electron chi connectivity index (χ4n) is 2.28. The number of aryl methyl sites for hydroxylation is 1. The first-order chi connectivity index (χ1) is 8.59. The number of nitrogens with two attached hydrogens (primary N) is 2. The third-order valence-corrected chi connectivity index (χ3v) is 3.17. The summed E-state index contributed by atoms with van der Waals surface area (Å²) in [5.74, 6) is -0.122. The van der Waals surface area contributed by atoms with Gasteiger partial charge in [0, 0.05) is 17.1 Å². The Morgan fingerprint density at radius 1 is 1.33 bits per heavy atom. The maximum atomic E-state index is 11.4. The van der Waals surface area contributed by atoms with Crippen molar-refractivity contribution in [2.45, 2.75) is 6.92 Å². The Labute approximate surface area is 103 Å². The molecule has 3 rings (SSSR count). The zero-order chi connectivity index (χ0) is 12.9. The van der Waals surface area contributed by atoms with Gasteiger partial charge in [0.25, 0.3) is 5.91 Å². The molecule has 0 saturated heterocycles. The number of aromatic nitrogens is 2. The lowest BCUT2D eigenvalue weighted by Gasteiger charge is -2.00. The summed E-state index contributed by atoms with van der Waals surface area (Å²) in [5, 5.41) is 1.71. The number of nitrogen functional groups attached to an aromatic ring is 1. The van der Waals surface area contributed by atoms with Crippen LogP contribution >= 0.6 is 0 Å². The standard InChI is InChI=1S/C13H12N4O/c1-6-3-2-4-7-9-11(17-10(6)7)8(13(15)18)5-16-12(9)14/h2-5,17H,1H3,(H2,14,16)(H2,15,18). The molecule has 0 fully saturated rings. The second-order valence-electron chi connectivity index (χ2n) is 4.29. The van der Waals surface area contributed by atoms with E-state index in [2.05, 4.69) is 9.97 Å². The number of benzene rings is 1. The summed E-state index contributed by atoms with van der Waals surface area (Å²) in [5.41, 5.74) is 14.3. The number of carbonyl (C=O) groups is 1. The van der Waals surface area contributed by atoms with Crippen LogP contribution in [0.1, 0.15) is 15.9 Å². The maximum Gasteiger partial charge on any atom is 0.252 e. The van der Waals surface area contributed by atoms with Crippen LogP contribution in [0.25, 0.3) is 21.8 Å². The van der Waals surface area contributed by atoms with E-state index in [0.717, 1.165) is 21.9 Å². The Morgan fingerprint density at radius 2 is 2.11 bits per heavy atom. The fourth-order valence-corrected chi connectivity index (χ4v) is 2.28. The molecule has 0 bridgehead atoms. The van der Waals surface area contributed by atoms with E-state index in [1.807, 2.05) is 25.1 Å². The number of nitrogens with one attached hydrogen (secondary N) is 1. The molecule has 0 saturated carbocycles. The molecule has 5 nitrogen and oxygen atoms in total. The van der Waals surface area contributed by atoms with Crippen LogP contribution in [0, 0.1) is 6.92 Å². The Hall–Kier alpha value is -2.56. The molecule has 5 N–H and O–H groups in total. The average molecular weight is 240 g/mol. The third kappa shape index (κ3) is 1.27. The molecule has 5 heteroatoms. The number of para-hydroxylation sites is 1. The van der Waals surface area contributed by atoms with E-state index < -0.39 is 5.91 Å². The van der Waals surface area contributed by atoms with Crippen molar-refractivity contribution in [1.82, 2.24) is 9.97 Å². The van der Waals surface area contributed by atoms with Crippen LogP contribution in [-0.4, -0.2) is 15.9 Å². The van der Waals surface area contributed by atoms with Crippen molar-refractivity contribution >= 4 is 33.5 Å². The van der Waals surface area contributed by atoms with E-state index in [1.54, 1.807) is 0 Å². The average Bonchev–Trinajstić information content (AvgIpc) is 2.70. The van der Waals surface area contributed by atoms with E-state index in [-0.39, 0.29) is 0 Å². The predicted molar refractivity (Wildman–Crippen MR) is 71.3 cm³/mol. The molecule has 18 heavy (non-hydrogen) atoms. The Morgan fingerprint density at radius 3 is 2.83 bits per heavy atom. The van der Waals surface area contributed by atoms with E-state index in [4.69, 9.17) is 11.5 Å². The fraction of sp³-hybridized carbons (Fsp3) is 0.0769. The second kappa shape index (κ2) is 3.46. The number of fused-ring (bicyclic) bond motifs is 3. The summed E-state index contributed by atoms with van der Waals surface area (Å²) in [6.07, 6.45) is 1.41. The molecule has 2 aromatic heterocycles. The molecule has 90 valence electrons. The zero-order valence-electron chi connectivity index (χ0n) is 9.82. The number of primary amides is 1. The Balaban J connectivity index is 2.60. The summed E-state index contributed by atoms with van der Waals surface area (Å²) < 4.78 is 0. The lowest BCUT2D eigenvalue weighted by Crippen LogP contribution is -2.12. The van der Waals surface area contributed by atoms with E-state index >= 15 is 0 Å². The van der Waals surface area contributed by atoms with Gasteiger partial charge in [-0.1, -0.05) is 18.2 Å². The first kappa shape index (κ1) is 10.6. The number of anilines is 1. The Kier molecular flexibility index (Phi) is 2.04. The molecule has 3 aromatic rings. The largest absolute Gasteiger partial charge is 0.383 e. The summed E-state index contributed by atoms with van der Waals surface area (Å²) >= 11 is 0. The minimum atomic E-state index is -0.517. The highest BCUT2D eigenvalue weighted by atomic mass is 16.1. The summed E-state index contributed by atoms with van der Waals surface area (Å²) in [4.78, 5) is 18.7. The van der Waals surface area contributed by atoms with Gasteiger partial charge in [-0.15, -0.1) is 0 Å². The molecule has 2 heterocycles. The number of H-pyrrole nitrogens is 1. The van der Waals surface area contributed by atoms with Gasteiger partial charge in [-0.2, -0.15) is 0 Å². The van der Waals surface area contributed by atoms with Crippen molar-refractivity contribution < 1.29 is 4.79 Å². The van der Waals surface area contributed by atoms with Crippen molar-refractivity contribution in [2.75, 3.05) is 5.73 Å². The van der Waals surface area contributed by atoms with Crippen LogP contribution in [-0.2, 0) is 0 Å². The zero-order valence-corrected chi connectivity index (χ0v) is 9.82. The van der Waals surface area contributed by atoms with Crippen LogP contribution in [0.15, 0.2) is 24.4 Å². The smallest absolute Gasteiger partial charge is 0.252 e. The first-order valence-electron chi connectivity index (χ1n) is 5.55. The molecule has 0 aliphatic rings. The first-order valence-corrected chi connectivity index (χ1v) is 5.55. The SMILES string of the molecule is Cc1cccc2c1[nH]c1c(C(N)=O)cnc(N)c12. The summed E-state index contributed by atoms with van der Waals surface area (Å²) in [6.45, 7) is 1.99. The number of hydrogen-bond acceptors (Lipinski definition) is 3. The molecule has 1 aromatic carbocycles. The van der Waals surface area contributed by atoms with Gasteiger partial charge >= 0.3 is 0 Å². The monoisotopic (exact) mass is 240 g/mol. The molecule has 0 aliphatic heterocycles. The quantitative estimate of drug-likeness (QED) is 0.603. The number of pyridine rings is 1. The summed E-state index contributed by atoms with van der Waals surface area (Å²) in [7, 11) is 0. The Bertz CT molecular complexity index is 788. The normalized spacial score (nSPS) is 11.2. The van der Waals surface area contributed by atoms with Crippen molar-refractivity contribution in [1.29, 1.82) is 0 Å². The molecular formula is C13H12N4O. The number of aromatic amines is 1. The number of amides is 1. The van der Waals surface area contributed by atoms with Gasteiger partial charge in [0.05, 0.1) is 16.5 Å².